The van der Waals surface area contributed by atoms with Crippen molar-refractivity contribution in [3.8, 4) is 0 Å². The number of hydrogen-bond donors (Lipinski definition) is 3. The zero-order chi connectivity index (χ0) is 15.6. The Labute approximate surface area is 174 Å². The number of furan rings is 1. The van der Waals surface area contributed by atoms with Crippen LogP contribution in [0, 0.1) is 0 Å². The average Bonchev–Trinajstić information content (AvgIpc) is 2.87. The molecule has 2 aromatic rings. The summed E-state index contributed by atoms with van der Waals surface area (Å²) in [5.74, 6) is -0.725. The molecule has 0 saturated carbocycles. The Bertz CT molecular complexity index is 787. The van der Waals surface area contributed by atoms with Crippen molar-refractivity contribution in [2.45, 2.75) is 11.4 Å². The number of carboxylic acid groups (broad SMARTS) is 1. The second-order valence-corrected chi connectivity index (χ2v) is 6.05. The smallest absolute Gasteiger partial charge is 1.00 e. The molecule has 22 heavy (non-hydrogen) atoms. The quantitative estimate of drug-likeness (QED) is 0.573. The number of aromatic carboxylic acids is 1. The summed E-state index contributed by atoms with van der Waals surface area (Å²) in [6.07, 6.45) is 1.48. The van der Waals surface area contributed by atoms with E-state index in [0.29, 0.717) is 5.76 Å². The number of rotatable bonds is 5. The number of nitrogens with two attached hydrogens (primary N) is 1. The van der Waals surface area contributed by atoms with E-state index in [2.05, 4.69) is 5.32 Å². The van der Waals surface area contributed by atoms with E-state index < -0.39 is 20.9 Å². The van der Waals surface area contributed by atoms with E-state index in [1.807, 2.05) is 0 Å². The van der Waals surface area contributed by atoms with E-state index in [1.165, 1.54) is 12.3 Å². The van der Waals surface area contributed by atoms with Crippen LogP contribution in [0.5, 0.6) is 0 Å². The topological polar surface area (TPSA) is 123 Å². The molecule has 1 aromatic carbocycles. The van der Waals surface area contributed by atoms with Crippen molar-refractivity contribution in [2.75, 3.05) is 5.32 Å². The van der Waals surface area contributed by atoms with Gasteiger partial charge in [0, 0.05) is 0 Å². The van der Waals surface area contributed by atoms with Crippen LogP contribution in [0.2, 0.25) is 5.02 Å². The van der Waals surface area contributed by atoms with Crippen LogP contribution in [-0.4, -0.2) is 68.4 Å². The van der Waals surface area contributed by atoms with Crippen molar-refractivity contribution in [1.82, 2.24) is 0 Å². The first-order valence-electron chi connectivity index (χ1n) is 5.65. The minimum Gasteiger partial charge on any atom is -1.00 e. The van der Waals surface area contributed by atoms with Crippen molar-refractivity contribution in [3.05, 3.63) is 46.9 Å². The third-order valence-electron chi connectivity index (χ3n) is 2.64. The van der Waals surface area contributed by atoms with Gasteiger partial charge >= 0.3 is 54.9 Å². The number of halogens is 1. The van der Waals surface area contributed by atoms with Crippen LogP contribution in [0.1, 0.15) is 19.0 Å². The predicted molar refractivity (Wildman–Crippen MR) is 83.8 cm³/mol. The molecule has 0 amide bonds. The van der Waals surface area contributed by atoms with Gasteiger partial charge in [-0.25, -0.2) is 18.4 Å². The van der Waals surface area contributed by atoms with Gasteiger partial charge in [0.1, 0.15) is 10.7 Å². The largest absolute Gasteiger partial charge is 2.00 e. The van der Waals surface area contributed by atoms with Crippen LogP contribution in [-0.2, 0) is 16.6 Å². The monoisotopic (exact) mass is 470 g/mol. The Hall–Kier alpha value is -0.459. The molecule has 0 bridgehead atoms. The minimum absolute atomic E-state index is 0. The fourth-order valence-electron chi connectivity index (χ4n) is 1.69. The number of carboxylic acids is 1. The first-order valence-corrected chi connectivity index (χ1v) is 7.57. The number of carbonyl (C=O) groups is 1. The van der Waals surface area contributed by atoms with Crippen molar-refractivity contribution in [2.24, 2.45) is 5.14 Å². The van der Waals surface area contributed by atoms with Gasteiger partial charge in [0.25, 0.3) is 0 Å². The number of sulfonamides is 1. The molecule has 4 N–H and O–H groups in total. The van der Waals surface area contributed by atoms with E-state index in [0.717, 1.165) is 6.07 Å². The SMILES string of the molecule is NS(=O)(=O)c1cc(C(=O)O)c(NCc2ccco2)cc1Cl.[Ba+2].[H-].[H-]. The molecule has 7 nitrogen and oxygen atoms in total. The summed E-state index contributed by atoms with van der Waals surface area (Å²) in [5.41, 5.74) is -0.0914. The van der Waals surface area contributed by atoms with Crippen LogP contribution < -0.4 is 10.5 Å². The molecule has 0 radical (unpaired) electrons. The van der Waals surface area contributed by atoms with Crippen molar-refractivity contribution in [3.63, 3.8) is 0 Å². The van der Waals surface area contributed by atoms with Crippen molar-refractivity contribution >= 4 is 82.2 Å². The zero-order valence-electron chi connectivity index (χ0n) is 13.2. The predicted octanol–water partition coefficient (Wildman–Crippen LogP) is 1.73. The van der Waals surface area contributed by atoms with Crippen molar-refractivity contribution < 1.29 is 25.6 Å². The maximum Gasteiger partial charge on any atom is 2.00 e. The Morgan fingerprint density at radius 1 is 1.45 bits per heavy atom. The molecule has 10 heteroatoms. The van der Waals surface area contributed by atoms with E-state index in [-0.39, 0.29) is 74.6 Å². The van der Waals surface area contributed by atoms with Gasteiger partial charge in [-0.15, -0.1) is 0 Å². The Kier molecular flexibility index (Phi) is 7.02. The summed E-state index contributed by atoms with van der Waals surface area (Å²) in [7, 11) is -4.11. The fraction of sp³-hybridized carbons (Fsp3) is 0.0833. The van der Waals surface area contributed by atoms with E-state index >= 15 is 0 Å². The molecule has 116 valence electrons. The Balaban J connectivity index is 0. The van der Waals surface area contributed by atoms with Crippen LogP contribution in [0.3, 0.4) is 0 Å². The standard InChI is InChI=1S/C12H11ClN2O5S.Ba.2H/c13-9-5-10(15-6-7-2-1-3-20-7)8(12(16)17)4-11(9)21(14,18)19;;;/h1-5,15H,6H2,(H,16,17)(H2,14,18,19);;;/q;+2;2*-1. The molecule has 0 fully saturated rings. The molecule has 2 rings (SSSR count). The molecule has 0 saturated heterocycles. The molecule has 1 aromatic heterocycles. The fourth-order valence-corrected chi connectivity index (χ4v) is 2.79. The van der Waals surface area contributed by atoms with Gasteiger partial charge < -0.3 is 17.7 Å². The van der Waals surface area contributed by atoms with E-state index in [1.54, 1.807) is 12.1 Å². The number of benzene rings is 1. The first kappa shape index (κ1) is 19.6. The molecule has 0 aliphatic heterocycles. The van der Waals surface area contributed by atoms with Crippen molar-refractivity contribution in [1.29, 1.82) is 0 Å². The molecular formula is C12H13BaClN2O5S. The van der Waals surface area contributed by atoms with Crippen LogP contribution in [0.15, 0.2) is 39.8 Å². The second kappa shape index (κ2) is 7.88. The van der Waals surface area contributed by atoms with Crippen LogP contribution >= 0.6 is 11.6 Å². The van der Waals surface area contributed by atoms with E-state index in [4.69, 9.17) is 26.3 Å². The number of anilines is 1. The van der Waals surface area contributed by atoms with Gasteiger partial charge in [-0.05, 0) is 24.3 Å². The minimum atomic E-state index is -4.11. The number of hydrogen-bond acceptors (Lipinski definition) is 5. The van der Waals surface area contributed by atoms with Crippen LogP contribution in [0.4, 0.5) is 5.69 Å². The van der Waals surface area contributed by atoms with Crippen LogP contribution in [0.25, 0.3) is 0 Å². The summed E-state index contributed by atoms with van der Waals surface area (Å²) >= 11 is 5.84. The molecule has 0 atom stereocenters. The summed E-state index contributed by atoms with van der Waals surface area (Å²) in [6, 6.07) is 5.51. The molecule has 0 unspecified atom stereocenters. The third-order valence-corrected chi connectivity index (χ3v) is 4.02. The summed E-state index contributed by atoms with van der Waals surface area (Å²) in [5, 5.41) is 16.8. The maximum atomic E-state index is 11.3. The number of nitrogens with one attached hydrogen (secondary N) is 1. The maximum absolute atomic E-state index is 11.3. The summed E-state index contributed by atoms with van der Waals surface area (Å²) < 4.78 is 27.8. The van der Waals surface area contributed by atoms with Gasteiger partial charge in [0.05, 0.1) is 29.1 Å². The molecule has 0 spiro atoms. The second-order valence-electron chi connectivity index (χ2n) is 4.11. The van der Waals surface area contributed by atoms with E-state index in [9.17, 15) is 13.2 Å². The normalized spacial score (nSPS) is 10.8. The summed E-state index contributed by atoms with van der Waals surface area (Å²) in [4.78, 5) is 10.8. The number of primary sulfonamides is 1. The Morgan fingerprint density at radius 2 is 2.14 bits per heavy atom. The molecule has 0 aliphatic rings. The first-order chi connectivity index (χ1) is 9.79. The van der Waals surface area contributed by atoms with Gasteiger partial charge in [0.15, 0.2) is 0 Å². The van der Waals surface area contributed by atoms with Gasteiger partial charge in [-0.1, -0.05) is 11.6 Å². The van der Waals surface area contributed by atoms with Gasteiger partial charge in [-0.2, -0.15) is 0 Å². The van der Waals surface area contributed by atoms with Gasteiger partial charge in [0.2, 0.25) is 10.0 Å². The van der Waals surface area contributed by atoms with Gasteiger partial charge in [-0.3, -0.25) is 0 Å². The molecule has 1 heterocycles. The summed E-state index contributed by atoms with van der Waals surface area (Å²) in [6.45, 7) is 0.221. The Morgan fingerprint density at radius 3 is 2.64 bits per heavy atom. The molecule has 0 aliphatic carbocycles. The zero-order valence-corrected chi connectivity index (χ0v) is 17.3. The average molecular weight is 470 g/mol. The molecular weight excluding hydrogens is 457 g/mol. The third kappa shape index (κ3) is 4.77.